The molecule has 0 aliphatic carbocycles. The van der Waals surface area contributed by atoms with Crippen LogP contribution in [0.4, 0.5) is 5.69 Å². The van der Waals surface area contributed by atoms with Crippen LogP contribution < -0.4 is 10.6 Å². The number of hydrogen-bond acceptors (Lipinski definition) is 4. The van der Waals surface area contributed by atoms with E-state index in [1.807, 2.05) is 0 Å². The van der Waals surface area contributed by atoms with Crippen LogP contribution in [-0.4, -0.2) is 33.2 Å². The average Bonchev–Trinajstić information content (AvgIpc) is 2.72. The van der Waals surface area contributed by atoms with Gasteiger partial charge in [0.2, 0.25) is 5.91 Å². The van der Waals surface area contributed by atoms with Gasteiger partial charge in [-0.05, 0) is 30.7 Å². The molecule has 1 amide bonds. The topological polar surface area (TPSA) is 75.3 Å². The first-order chi connectivity index (χ1) is 8.45. The number of nitrogens with one attached hydrogen (secondary N) is 2. The zero-order chi connectivity index (χ0) is 13.2. The number of carbonyl (C=O) groups is 1. The van der Waals surface area contributed by atoms with Crippen molar-refractivity contribution in [1.29, 1.82) is 0 Å². The van der Waals surface area contributed by atoms with E-state index in [0.717, 1.165) is 12.1 Å². The van der Waals surface area contributed by atoms with Crippen molar-refractivity contribution in [2.45, 2.75) is 23.8 Å². The molecule has 1 fully saturated rings. The van der Waals surface area contributed by atoms with E-state index in [1.54, 1.807) is 24.3 Å². The molecule has 0 saturated carbocycles. The molecule has 1 aromatic carbocycles. The maximum atomic E-state index is 11.3. The van der Waals surface area contributed by atoms with Crippen LogP contribution in [0.1, 0.15) is 12.8 Å². The SMILES string of the molecule is CS(=O)(=O)c1ccc(NCC2CCC(=O)N2)cc1. The predicted molar refractivity (Wildman–Crippen MR) is 69.2 cm³/mol. The van der Waals surface area contributed by atoms with Gasteiger partial charge in [0.15, 0.2) is 9.84 Å². The normalized spacial score (nSPS) is 19.6. The third-order valence-electron chi connectivity index (χ3n) is 2.92. The van der Waals surface area contributed by atoms with Gasteiger partial charge in [0.1, 0.15) is 0 Å². The lowest BCUT2D eigenvalue weighted by molar-refractivity contribution is -0.119. The molecule has 6 heteroatoms. The van der Waals surface area contributed by atoms with Gasteiger partial charge >= 0.3 is 0 Å². The Morgan fingerprint density at radius 3 is 2.50 bits per heavy atom. The summed E-state index contributed by atoms with van der Waals surface area (Å²) < 4.78 is 22.6. The van der Waals surface area contributed by atoms with Crippen LogP contribution in [0.2, 0.25) is 0 Å². The molecule has 0 spiro atoms. The van der Waals surface area contributed by atoms with Crippen LogP contribution in [0.15, 0.2) is 29.2 Å². The van der Waals surface area contributed by atoms with E-state index in [9.17, 15) is 13.2 Å². The maximum Gasteiger partial charge on any atom is 0.220 e. The summed E-state index contributed by atoms with van der Waals surface area (Å²) in [5.74, 6) is 0.0919. The molecular weight excluding hydrogens is 252 g/mol. The number of amides is 1. The van der Waals surface area contributed by atoms with Crippen molar-refractivity contribution in [3.63, 3.8) is 0 Å². The summed E-state index contributed by atoms with van der Waals surface area (Å²) in [6.45, 7) is 0.657. The Bertz CT molecular complexity index is 537. The highest BCUT2D eigenvalue weighted by molar-refractivity contribution is 7.90. The van der Waals surface area contributed by atoms with Crippen molar-refractivity contribution < 1.29 is 13.2 Å². The quantitative estimate of drug-likeness (QED) is 0.846. The molecular formula is C12H16N2O3S. The lowest BCUT2D eigenvalue weighted by Gasteiger charge is -2.12. The summed E-state index contributed by atoms with van der Waals surface area (Å²) in [4.78, 5) is 11.3. The van der Waals surface area contributed by atoms with E-state index in [1.165, 1.54) is 6.26 Å². The third-order valence-corrected chi connectivity index (χ3v) is 4.05. The van der Waals surface area contributed by atoms with Gasteiger partial charge in [0.25, 0.3) is 0 Å². The minimum absolute atomic E-state index is 0.0919. The molecule has 1 unspecified atom stereocenters. The van der Waals surface area contributed by atoms with Crippen molar-refractivity contribution in [1.82, 2.24) is 5.32 Å². The van der Waals surface area contributed by atoms with E-state index in [4.69, 9.17) is 0 Å². The standard InChI is InChI=1S/C12H16N2O3S/c1-18(16,17)11-5-2-9(3-6-11)13-8-10-4-7-12(15)14-10/h2-3,5-6,10,13H,4,7-8H2,1H3,(H,14,15). The molecule has 2 N–H and O–H groups in total. The molecule has 18 heavy (non-hydrogen) atoms. The van der Waals surface area contributed by atoms with Gasteiger partial charge in [-0.1, -0.05) is 0 Å². The highest BCUT2D eigenvalue weighted by atomic mass is 32.2. The first kappa shape index (κ1) is 12.9. The summed E-state index contributed by atoms with van der Waals surface area (Å²) >= 11 is 0. The van der Waals surface area contributed by atoms with Crippen molar-refractivity contribution in [2.24, 2.45) is 0 Å². The second-order valence-electron chi connectivity index (χ2n) is 4.48. The zero-order valence-electron chi connectivity index (χ0n) is 10.1. The smallest absolute Gasteiger partial charge is 0.220 e. The molecule has 0 aromatic heterocycles. The fourth-order valence-corrected chi connectivity index (χ4v) is 2.52. The van der Waals surface area contributed by atoms with Crippen LogP contribution in [0.25, 0.3) is 0 Å². The molecule has 0 bridgehead atoms. The van der Waals surface area contributed by atoms with E-state index < -0.39 is 9.84 Å². The summed E-state index contributed by atoms with van der Waals surface area (Å²) in [5, 5.41) is 6.04. The molecule has 1 aliphatic heterocycles. The van der Waals surface area contributed by atoms with Crippen molar-refractivity contribution in [3.8, 4) is 0 Å². The van der Waals surface area contributed by atoms with Gasteiger partial charge in [0, 0.05) is 31.0 Å². The molecule has 1 aliphatic rings. The molecule has 98 valence electrons. The van der Waals surface area contributed by atoms with Crippen LogP contribution >= 0.6 is 0 Å². The lowest BCUT2D eigenvalue weighted by Crippen LogP contribution is -2.31. The fraction of sp³-hybridized carbons (Fsp3) is 0.417. The third kappa shape index (κ3) is 3.22. The van der Waals surface area contributed by atoms with Gasteiger partial charge < -0.3 is 10.6 Å². The molecule has 1 heterocycles. The summed E-state index contributed by atoms with van der Waals surface area (Å²) in [5.41, 5.74) is 0.851. The second-order valence-corrected chi connectivity index (χ2v) is 6.50. The number of rotatable bonds is 4. The number of sulfone groups is 1. The highest BCUT2D eigenvalue weighted by Gasteiger charge is 2.19. The Labute approximate surface area is 107 Å². The monoisotopic (exact) mass is 268 g/mol. The molecule has 1 atom stereocenters. The molecule has 2 rings (SSSR count). The summed E-state index contributed by atoms with van der Waals surface area (Å²) in [7, 11) is -3.14. The zero-order valence-corrected chi connectivity index (χ0v) is 11.0. The van der Waals surface area contributed by atoms with E-state index in [0.29, 0.717) is 17.9 Å². The summed E-state index contributed by atoms with van der Waals surface area (Å²) in [6, 6.07) is 6.77. The Morgan fingerprint density at radius 2 is 2.00 bits per heavy atom. The van der Waals surface area contributed by atoms with Crippen LogP contribution in [0.5, 0.6) is 0 Å². The largest absolute Gasteiger partial charge is 0.383 e. The lowest BCUT2D eigenvalue weighted by atomic mass is 10.2. The molecule has 5 nitrogen and oxygen atoms in total. The second kappa shape index (κ2) is 4.97. The maximum absolute atomic E-state index is 11.3. The van der Waals surface area contributed by atoms with Gasteiger partial charge in [0.05, 0.1) is 4.90 Å². The molecule has 0 radical (unpaired) electrons. The first-order valence-electron chi connectivity index (χ1n) is 5.78. The summed E-state index contributed by atoms with van der Waals surface area (Å²) in [6.07, 6.45) is 2.61. The van der Waals surface area contributed by atoms with Crippen LogP contribution in [0.3, 0.4) is 0 Å². The predicted octanol–water partition coefficient (Wildman–Crippen LogP) is 0.781. The molecule has 1 saturated heterocycles. The fourth-order valence-electron chi connectivity index (χ4n) is 1.89. The van der Waals surface area contributed by atoms with Gasteiger partial charge in [-0.3, -0.25) is 4.79 Å². The van der Waals surface area contributed by atoms with E-state index in [2.05, 4.69) is 10.6 Å². The van der Waals surface area contributed by atoms with E-state index in [-0.39, 0.29) is 11.9 Å². The Morgan fingerprint density at radius 1 is 1.33 bits per heavy atom. The van der Waals surface area contributed by atoms with Crippen molar-refractivity contribution in [3.05, 3.63) is 24.3 Å². The Balaban J connectivity index is 1.93. The van der Waals surface area contributed by atoms with Gasteiger partial charge in [-0.15, -0.1) is 0 Å². The number of benzene rings is 1. The van der Waals surface area contributed by atoms with Crippen molar-refractivity contribution in [2.75, 3.05) is 18.1 Å². The van der Waals surface area contributed by atoms with Crippen LogP contribution in [-0.2, 0) is 14.6 Å². The number of carbonyl (C=O) groups excluding carboxylic acids is 1. The van der Waals surface area contributed by atoms with Gasteiger partial charge in [-0.2, -0.15) is 0 Å². The van der Waals surface area contributed by atoms with Gasteiger partial charge in [-0.25, -0.2) is 8.42 Å². The average molecular weight is 268 g/mol. The molecule has 1 aromatic rings. The number of hydrogen-bond donors (Lipinski definition) is 2. The van der Waals surface area contributed by atoms with E-state index >= 15 is 0 Å². The van der Waals surface area contributed by atoms with Crippen molar-refractivity contribution >= 4 is 21.4 Å². The Hall–Kier alpha value is -1.56. The van der Waals surface area contributed by atoms with Crippen LogP contribution in [0, 0.1) is 0 Å². The minimum atomic E-state index is -3.14. The number of anilines is 1. The first-order valence-corrected chi connectivity index (χ1v) is 7.67. The Kier molecular flexibility index (Phi) is 3.56. The highest BCUT2D eigenvalue weighted by Crippen LogP contribution is 2.14. The minimum Gasteiger partial charge on any atom is -0.383 e.